The van der Waals surface area contributed by atoms with Crippen LogP contribution in [0.2, 0.25) is 0 Å². The lowest BCUT2D eigenvalue weighted by Gasteiger charge is -2.14. The Morgan fingerprint density at radius 1 is 1.27 bits per heavy atom. The molecule has 0 aliphatic heterocycles. The van der Waals surface area contributed by atoms with Gasteiger partial charge in [0.2, 0.25) is 0 Å². The van der Waals surface area contributed by atoms with Crippen molar-refractivity contribution in [2.24, 2.45) is 5.92 Å². The summed E-state index contributed by atoms with van der Waals surface area (Å²) in [6.07, 6.45) is 1.13. The van der Waals surface area contributed by atoms with Crippen LogP contribution in [0.3, 0.4) is 0 Å². The summed E-state index contributed by atoms with van der Waals surface area (Å²) in [4.78, 5) is 0. The van der Waals surface area contributed by atoms with Gasteiger partial charge in [-0.2, -0.15) is 0 Å². The predicted molar refractivity (Wildman–Crippen MR) is 46.4 cm³/mol. The maximum absolute atomic E-state index is 5.36. The summed E-state index contributed by atoms with van der Waals surface area (Å²) < 4.78 is 10.2. The van der Waals surface area contributed by atoms with E-state index in [1.807, 2.05) is 0 Å². The van der Waals surface area contributed by atoms with Gasteiger partial charge in [0.1, 0.15) is 0 Å². The lowest BCUT2D eigenvalue weighted by molar-refractivity contribution is 0.0295. The van der Waals surface area contributed by atoms with Crippen molar-refractivity contribution in [1.82, 2.24) is 0 Å². The molecule has 0 heterocycles. The third-order valence-electron chi connectivity index (χ3n) is 1.38. The molecule has 1 unspecified atom stereocenters. The van der Waals surface area contributed by atoms with Crippen LogP contribution in [-0.4, -0.2) is 26.4 Å². The predicted octanol–water partition coefficient (Wildman–Crippen LogP) is 1.90. The third kappa shape index (κ3) is 7.82. The molecule has 1 radical (unpaired) electrons. The third-order valence-corrected chi connectivity index (χ3v) is 1.38. The number of ether oxygens (including phenoxy) is 2. The molecule has 2 heteroatoms. The summed E-state index contributed by atoms with van der Waals surface area (Å²) >= 11 is 0. The lowest BCUT2D eigenvalue weighted by atomic mass is 10.1. The first-order valence-electron chi connectivity index (χ1n) is 4.10. The monoisotopic (exact) mass is 159 g/mol. The molecule has 0 rings (SSSR count). The van der Waals surface area contributed by atoms with Crippen LogP contribution in [0.5, 0.6) is 0 Å². The van der Waals surface area contributed by atoms with Crippen LogP contribution in [0, 0.1) is 12.8 Å². The van der Waals surface area contributed by atoms with E-state index in [0.29, 0.717) is 19.1 Å². The molecule has 0 aliphatic rings. The fourth-order valence-electron chi connectivity index (χ4n) is 0.892. The van der Waals surface area contributed by atoms with Crippen LogP contribution >= 0.6 is 0 Å². The Balaban J connectivity index is 3.15. The van der Waals surface area contributed by atoms with Gasteiger partial charge in [-0.15, -0.1) is 0 Å². The zero-order chi connectivity index (χ0) is 8.69. The van der Waals surface area contributed by atoms with Gasteiger partial charge in [-0.3, -0.25) is 0 Å². The summed E-state index contributed by atoms with van der Waals surface area (Å²) in [5, 5.41) is 0. The summed E-state index contributed by atoms with van der Waals surface area (Å²) in [6, 6.07) is 0. The molecule has 11 heavy (non-hydrogen) atoms. The average molecular weight is 159 g/mol. The van der Waals surface area contributed by atoms with E-state index in [1.165, 1.54) is 0 Å². The molecule has 2 nitrogen and oxygen atoms in total. The number of hydrogen-bond donors (Lipinski definition) is 0. The number of methoxy groups -OCH3 is 1. The second-order valence-electron chi connectivity index (χ2n) is 3.12. The van der Waals surface area contributed by atoms with E-state index in [2.05, 4.69) is 20.8 Å². The average Bonchev–Trinajstić information content (AvgIpc) is 1.86. The molecular weight excluding hydrogens is 140 g/mol. The smallest absolute Gasteiger partial charge is 0.0704 e. The minimum absolute atomic E-state index is 0.116. The SMILES string of the molecule is [CH2]C(CC(C)C)OCCOC. The van der Waals surface area contributed by atoms with Crippen molar-refractivity contribution in [1.29, 1.82) is 0 Å². The Bertz CT molecular complexity index is 81.6. The number of rotatable bonds is 6. The Morgan fingerprint density at radius 2 is 1.91 bits per heavy atom. The van der Waals surface area contributed by atoms with Crippen molar-refractivity contribution < 1.29 is 9.47 Å². The zero-order valence-electron chi connectivity index (χ0n) is 7.80. The molecule has 67 valence electrons. The van der Waals surface area contributed by atoms with Crippen molar-refractivity contribution in [3.8, 4) is 0 Å². The van der Waals surface area contributed by atoms with Crippen molar-refractivity contribution in [2.75, 3.05) is 20.3 Å². The second-order valence-corrected chi connectivity index (χ2v) is 3.12. The van der Waals surface area contributed by atoms with E-state index < -0.39 is 0 Å². The van der Waals surface area contributed by atoms with E-state index in [0.717, 1.165) is 6.42 Å². The molecule has 0 fully saturated rings. The van der Waals surface area contributed by atoms with Crippen LogP contribution < -0.4 is 0 Å². The maximum Gasteiger partial charge on any atom is 0.0704 e. The fourth-order valence-corrected chi connectivity index (χ4v) is 0.892. The largest absolute Gasteiger partial charge is 0.382 e. The van der Waals surface area contributed by atoms with E-state index in [1.54, 1.807) is 7.11 Å². The maximum atomic E-state index is 5.36. The quantitative estimate of drug-likeness (QED) is 0.551. The first-order chi connectivity index (χ1) is 5.16. The molecule has 0 aliphatic carbocycles. The van der Waals surface area contributed by atoms with Crippen LogP contribution in [0.4, 0.5) is 0 Å². The topological polar surface area (TPSA) is 18.5 Å². The van der Waals surface area contributed by atoms with Crippen LogP contribution in [0.15, 0.2) is 0 Å². The Labute approximate surface area is 69.9 Å². The summed E-state index contributed by atoms with van der Waals surface area (Å²) in [7, 11) is 1.67. The van der Waals surface area contributed by atoms with E-state index in [9.17, 15) is 0 Å². The molecule has 0 aromatic rings. The van der Waals surface area contributed by atoms with Gasteiger partial charge in [0.25, 0.3) is 0 Å². The van der Waals surface area contributed by atoms with E-state index >= 15 is 0 Å². The van der Waals surface area contributed by atoms with Crippen LogP contribution in [0.1, 0.15) is 20.3 Å². The van der Waals surface area contributed by atoms with Gasteiger partial charge < -0.3 is 9.47 Å². The highest BCUT2D eigenvalue weighted by Gasteiger charge is 2.03. The number of hydrogen-bond acceptors (Lipinski definition) is 2. The van der Waals surface area contributed by atoms with Gasteiger partial charge in [0.15, 0.2) is 0 Å². The minimum Gasteiger partial charge on any atom is -0.382 e. The van der Waals surface area contributed by atoms with Gasteiger partial charge in [-0.05, 0) is 19.3 Å². The fraction of sp³-hybridized carbons (Fsp3) is 0.889. The molecule has 0 spiro atoms. The summed E-state index contributed by atoms with van der Waals surface area (Å²) in [6.45, 7) is 9.51. The molecule has 0 saturated heterocycles. The highest BCUT2D eigenvalue weighted by Crippen LogP contribution is 2.06. The van der Waals surface area contributed by atoms with Gasteiger partial charge in [0.05, 0.1) is 19.3 Å². The van der Waals surface area contributed by atoms with E-state index in [-0.39, 0.29) is 6.10 Å². The minimum atomic E-state index is 0.116. The van der Waals surface area contributed by atoms with Gasteiger partial charge >= 0.3 is 0 Å². The van der Waals surface area contributed by atoms with Crippen LogP contribution in [0.25, 0.3) is 0 Å². The second kappa shape index (κ2) is 6.62. The standard InChI is InChI=1S/C9H19O2/c1-8(2)7-9(3)11-6-5-10-4/h8-9H,3,5-7H2,1-2,4H3. The zero-order valence-corrected chi connectivity index (χ0v) is 7.80. The molecule has 0 aromatic carbocycles. The highest BCUT2D eigenvalue weighted by molar-refractivity contribution is 4.61. The summed E-state index contributed by atoms with van der Waals surface area (Å²) in [5.41, 5.74) is 0. The molecule has 0 saturated carbocycles. The van der Waals surface area contributed by atoms with Crippen LogP contribution in [-0.2, 0) is 9.47 Å². The lowest BCUT2D eigenvalue weighted by Crippen LogP contribution is -2.14. The molecule has 0 N–H and O–H groups in total. The molecule has 0 amide bonds. The van der Waals surface area contributed by atoms with Crippen molar-refractivity contribution >= 4 is 0 Å². The highest BCUT2D eigenvalue weighted by atomic mass is 16.5. The molecular formula is C9H19O2. The molecule has 0 aromatic heterocycles. The molecule has 0 bridgehead atoms. The first-order valence-corrected chi connectivity index (χ1v) is 4.10. The van der Waals surface area contributed by atoms with Crippen molar-refractivity contribution in [3.05, 3.63) is 6.92 Å². The Hall–Kier alpha value is -0.0800. The Morgan fingerprint density at radius 3 is 2.36 bits per heavy atom. The van der Waals surface area contributed by atoms with Gasteiger partial charge in [-0.1, -0.05) is 13.8 Å². The summed E-state index contributed by atoms with van der Waals surface area (Å²) in [5.74, 6) is 0.653. The van der Waals surface area contributed by atoms with Crippen molar-refractivity contribution in [3.63, 3.8) is 0 Å². The van der Waals surface area contributed by atoms with E-state index in [4.69, 9.17) is 9.47 Å². The van der Waals surface area contributed by atoms with Gasteiger partial charge in [0, 0.05) is 7.11 Å². The Kier molecular flexibility index (Phi) is 6.57. The first kappa shape index (κ1) is 10.9. The van der Waals surface area contributed by atoms with Gasteiger partial charge in [-0.25, -0.2) is 0 Å². The van der Waals surface area contributed by atoms with Crippen molar-refractivity contribution in [2.45, 2.75) is 26.4 Å². The molecule has 1 atom stereocenters. The normalized spacial score (nSPS) is 13.9.